The third-order valence-electron chi connectivity index (χ3n) is 3.57. The van der Waals surface area contributed by atoms with Crippen molar-refractivity contribution < 1.29 is 9.53 Å². The minimum atomic E-state index is 0.0471. The van der Waals surface area contributed by atoms with Crippen molar-refractivity contribution in [3.63, 3.8) is 0 Å². The highest BCUT2D eigenvalue weighted by Crippen LogP contribution is 2.19. The molecule has 1 aromatic rings. The molecule has 0 N–H and O–H groups in total. The summed E-state index contributed by atoms with van der Waals surface area (Å²) in [6, 6.07) is 4.14. The molecule has 4 nitrogen and oxygen atoms in total. The van der Waals surface area contributed by atoms with Gasteiger partial charge in [-0.3, -0.25) is 4.79 Å². The zero-order chi connectivity index (χ0) is 14.4. The number of likely N-dealkylation sites (N-methyl/N-ethyl adjacent to an activating group) is 1. The summed E-state index contributed by atoms with van der Waals surface area (Å²) >= 11 is 1.71. The third kappa shape index (κ3) is 4.58. The average molecular weight is 296 g/mol. The van der Waals surface area contributed by atoms with E-state index in [0.29, 0.717) is 6.61 Å². The van der Waals surface area contributed by atoms with E-state index < -0.39 is 0 Å². The Morgan fingerprint density at radius 1 is 1.45 bits per heavy atom. The molecular weight excluding hydrogens is 272 g/mol. The lowest BCUT2D eigenvalue weighted by Crippen LogP contribution is -2.42. The number of carbonyl (C=O) groups excluding carboxylic acids is 1. The molecule has 1 atom stereocenters. The molecule has 1 amide bonds. The molecule has 1 aliphatic rings. The predicted molar refractivity (Wildman–Crippen MR) is 81.8 cm³/mol. The molecule has 0 aromatic carbocycles. The summed E-state index contributed by atoms with van der Waals surface area (Å²) in [7, 11) is 4.08. The second kappa shape index (κ2) is 7.76. The van der Waals surface area contributed by atoms with E-state index in [4.69, 9.17) is 4.74 Å². The van der Waals surface area contributed by atoms with Gasteiger partial charge in [-0.05, 0) is 38.4 Å². The molecule has 20 heavy (non-hydrogen) atoms. The highest BCUT2D eigenvalue weighted by molar-refractivity contribution is 7.09. The lowest BCUT2D eigenvalue weighted by Gasteiger charge is -2.30. The predicted octanol–water partition coefficient (Wildman–Crippen LogP) is 2.06. The van der Waals surface area contributed by atoms with Gasteiger partial charge in [0.1, 0.15) is 0 Å². The van der Waals surface area contributed by atoms with Crippen LogP contribution in [-0.2, 0) is 16.1 Å². The summed E-state index contributed by atoms with van der Waals surface area (Å²) in [6.07, 6.45) is 1.96. The van der Waals surface area contributed by atoms with Gasteiger partial charge in [-0.2, -0.15) is 0 Å². The van der Waals surface area contributed by atoms with Crippen LogP contribution in [0.15, 0.2) is 17.5 Å². The molecule has 0 bridgehead atoms. The smallest absolute Gasteiger partial charge is 0.228 e. The van der Waals surface area contributed by atoms with Crippen molar-refractivity contribution in [2.24, 2.45) is 5.92 Å². The van der Waals surface area contributed by atoms with Crippen molar-refractivity contribution in [3.05, 3.63) is 22.4 Å². The quantitative estimate of drug-likeness (QED) is 0.805. The van der Waals surface area contributed by atoms with Gasteiger partial charge in [0.05, 0.1) is 19.1 Å². The van der Waals surface area contributed by atoms with E-state index in [0.717, 1.165) is 39.1 Å². The third-order valence-corrected chi connectivity index (χ3v) is 4.43. The van der Waals surface area contributed by atoms with Crippen LogP contribution in [0.2, 0.25) is 0 Å². The van der Waals surface area contributed by atoms with Gasteiger partial charge in [0.2, 0.25) is 5.91 Å². The van der Waals surface area contributed by atoms with Gasteiger partial charge in [-0.15, -0.1) is 11.3 Å². The SMILES string of the molecule is CN(C)CCN(Cc1cccs1)C(=O)C1CCCOC1. The first-order valence-corrected chi connectivity index (χ1v) is 8.08. The Labute approximate surface area is 125 Å². The number of hydrogen-bond donors (Lipinski definition) is 0. The van der Waals surface area contributed by atoms with Crippen LogP contribution in [-0.4, -0.2) is 56.1 Å². The lowest BCUT2D eigenvalue weighted by atomic mass is 10.0. The molecule has 0 spiro atoms. The highest BCUT2D eigenvalue weighted by atomic mass is 32.1. The Hall–Kier alpha value is -0.910. The van der Waals surface area contributed by atoms with Crippen molar-refractivity contribution in [3.8, 4) is 0 Å². The Morgan fingerprint density at radius 3 is 2.90 bits per heavy atom. The maximum atomic E-state index is 12.7. The number of amides is 1. The minimum absolute atomic E-state index is 0.0471. The van der Waals surface area contributed by atoms with E-state index in [1.807, 2.05) is 25.1 Å². The summed E-state index contributed by atoms with van der Waals surface area (Å²) in [6.45, 7) is 3.78. The first-order valence-electron chi connectivity index (χ1n) is 7.20. The maximum Gasteiger partial charge on any atom is 0.228 e. The van der Waals surface area contributed by atoms with E-state index in [2.05, 4.69) is 16.3 Å². The fourth-order valence-electron chi connectivity index (χ4n) is 2.37. The Kier molecular flexibility index (Phi) is 6.01. The van der Waals surface area contributed by atoms with Gasteiger partial charge >= 0.3 is 0 Å². The number of nitrogens with zero attached hydrogens (tertiary/aromatic N) is 2. The molecule has 1 aliphatic heterocycles. The molecule has 0 aliphatic carbocycles. The van der Waals surface area contributed by atoms with E-state index in [1.165, 1.54) is 4.88 Å². The largest absolute Gasteiger partial charge is 0.381 e. The molecule has 1 unspecified atom stereocenters. The summed E-state index contributed by atoms with van der Waals surface area (Å²) in [4.78, 5) is 18.0. The highest BCUT2D eigenvalue weighted by Gasteiger charge is 2.26. The number of thiophene rings is 1. The van der Waals surface area contributed by atoms with Crippen LogP contribution in [0.3, 0.4) is 0 Å². The van der Waals surface area contributed by atoms with Crippen molar-refractivity contribution in [2.75, 3.05) is 40.4 Å². The van der Waals surface area contributed by atoms with Gasteiger partial charge in [0.15, 0.2) is 0 Å². The van der Waals surface area contributed by atoms with E-state index in [9.17, 15) is 4.79 Å². The molecule has 0 radical (unpaired) electrons. The normalized spacial score (nSPS) is 19.2. The van der Waals surface area contributed by atoms with Crippen LogP contribution in [0.4, 0.5) is 0 Å². The summed E-state index contributed by atoms with van der Waals surface area (Å²) in [5.74, 6) is 0.297. The minimum Gasteiger partial charge on any atom is -0.381 e. The van der Waals surface area contributed by atoms with Crippen LogP contribution in [0.5, 0.6) is 0 Å². The Bertz CT molecular complexity index is 400. The molecule has 0 saturated carbocycles. The van der Waals surface area contributed by atoms with Crippen LogP contribution in [0.1, 0.15) is 17.7 Å². The molecule has 112 valence electrons. The monoisotopic (exact) mass is 296 g/mol. The summed E-state index contributed by atoms with van der Waals surface area (Å²) < 4.78 is 5.46. The lowest BCUT2D eigenvalue weighted by molar-refractivity contribution is -0.140. The maximum absolute atomic E-state index is 12.7. The second-order valence-electron chi connectivity index (χ2n) is 5.56. The van der Waals surface area contributed by atoms with Crippen LogP contribution < -0.4 is 0 Å². The van der Waals surface area contributed by atoms with E-state index in [-0.39, 0.29) is 11.8 Å². The number of carbonyl (C=O) groups is 1. The molecule has 2 rings (SSSR count). The second-order valence-corrected chi connectivity index (χ2v) is 6.59. The van der Waals surface area contributed by atoms with Gasteiger partial charge < -0.3 is 14.5 Å². The molecule has 1 aromatic heterocycles. The van der Waals surface area contributed by atoms with Crippen LogP contribution >= 0.6 is 11.3 Å². The first-order chi connectivity index (χ1) is 9.66. The van der Waals surface area contributed by atoms with Crippen molar-refractivity contribution in [1.82, 2.24) is 9.80 Å². The molecule has 1 fully saturated rings. The van der Waals surface area contributed by atoms with Gasteiger partial charge in [0, 0.05) is 24.6 Å². The number of rotatable bonds is 6. The topological polar surface area (TPSA) is 32.8 Å². The molecule has 2 heterocycles. The standard InChI is InChI=1S/C15H24N2O2S/c1-16(2)7-8-17(11-14-6-4-10-20-14)15(18)13-5-3-9-19-12-13/h4,6,10,13H,3,5,7-9,11-12H2,1-2H3. The van der Waals surface area contributed by atoms with Crippen LogP contribution in [0.25, 0.3) is 0 Å². The Balaban J connectivity index is 1.98. The van der Waals surface area contributed by atoms with Crippen molar-refractivity contribution >= 4 is 17.2 Å². The number of hydrogen-bond acceptors (Lipinski definition) is 4. The fraction of sp³-hybridized carbons (Fsp3) is 0.667. The van der Waals surface area contributed by atoms with Gasteiger partial charge in [0.25, 0.3) is 0 Å². The fourth-order valence-corrected chi connectivity index (χ4v) is 3.09. The summed E-state index contributed by atoms with van der Waals surface area (Å²) in [5.41, 5.74) is 0. The summed E-state index contributed by atoms with van der Waals surface area (Å²) in [5, 5.41) is 2.06. The zero-order valence-corrected chi connectivity index (χ0v) is 13.2. The van der Waals surface area contributed by atoms with E-state index >= 15 is 0 Å². The van der Waals surface area contributed by atoms with Crippen molar-refractivity contribution in [1.29, 1.82) is 0 Å². The van der Waals surface area contributed by atoms with Crippen LogP contribution in [0, 0.1) is 5.92 Å². The van der Waals surface area contributed by atoms with Gasteiger partial charge in [-0.1, -0.05) is 6.07 Å². The van der Waals surface area contributed by atoms with Gasteiger partial charge in [-0.25, -0.2) is 0 Å². The molecule has 1 saturated heterocycles. The van der Waals surface area contributed by atoms with Crippen molar-refractivity contribution in [2.45, 2.75) is 19.4 Å². The first kappa shape index (κ1) is 15.5. The zero-order valence-electron chi connectivity index (χ0n) is 12.4. The average Bonchev–Trinajstić information content (AvgIpc) is 2.96. The van der Waals surface area contributed by atoms with E-state index in [1.54, 1.807) is 11.3 Å². The Morgan fingerprint density at radius 2 is 2.30 bits per heavy atom. The molecular formula is C15H24N2O2S. The number of ether oxygens (including phenoxy) is 1. The molecule has 5 heteroatoms.